The van der Waals surface area contributed by atoms with Gasteiger partial charge in [-0.05, 0) is 34.2 Å². The van der Waals surface area contributed by atoms with E-state index in [4.69, 9.17) is 16.2 Å². The summed E-state index contributed by atoms with van der Waals surface area (Å²) in [5.41, 5.74) is 12.4. The predicted octanol–water partition coefficient (Wildman–Crippen LogP) is 1.26. The first-order valence-electron chi connectivity index (χ1n) is 3.98. The highest BCUT2D eigenvalue weighted by Gasteiger charge is 2.10. The van der Waals surface area contributed by atoms with Gasteiger partial charge in [0.2, 0.25) is 0 Å². The summed E-state index contributed by atoms with van der Waals surface area (Å²) < 4.78 is 6.22. The number of ether oxygens (including phenoxy) is 1. The lowest BCUT2D eigenvalue weighted by Crippen LogP contribution is -2.21. The van der Waals surface area contributed by atoms with E-state index in [0.29, 0.717) is 6.54 Å². The molecule has 1 rings (SSSR count). The van der Waals surface area contributed by atoms with Gasteiger partial charge in [-0.3, -0.25) is 0 Å². The van der Waals surface area contributed by atoms with Crippen LogP contribution >= 0.6 is 22.6 Å². The first kappa shape index (κ1) is 10.7. The van der Waals surface area contributed by atoms with Crippen LogP contribution in [0.2, 0.25) is 0 Å². The lowest BCUT2D eigenvalue weighted by Gasteiger charge is -2.13. The predicted molar refractivity (Wildman–Crippen MR) is 61.7 cm³/mol. The van der Waals surface area contributed by atoms with Crippen molar-refractivity contribution in [1.82, 2.24) is 0 Å². The average Bonchev–Trinajstić information content (AvgIpc) is 2.17. The molecule has 0 spiro atoms. The Kier molecular flexibility index (Phi) is 3.95. The van der Waals surface area contributed by atoms with Crippen LogP contribution in [0.25, 0.3) is 0 Å². The van der Waals surface area contributed by atoms with E-state index in [1.54, 1.807) is 7.11 Å². The molecule has 0 bridgehead atoms. The summed E-state index contributed by atoms with van der Waals surface area (Å²) in [7, 11) is 1.65. The third kappa shape index (κ3) is 2.32. The van der Waals surface area contributed by atoms with Crippen molar-refractivity contribution in [3.05, 3.63) is 27.3 Å². The highest BCUT2D eigenvalue weighted by molar-refractivity contribution is 14.1. The Labute approximate surface area is 91.6 Å². The molecule has 0 amide bonds. The number of methoxy groups -OCH3 is 1. The lowest BCUT2D eigenvalue weighted by molar-refractivity contribution is 0.410. The van der Waals surface area contributed by atoms with Crippen LogP contribution in [-0.4, -0.2) is 13.7 Å². The maximum absolute atomic E-state index is 5.83. The van der Waals surface area contributed by atoms with Gasteiger partial charge in [0.05, 0.1) is 10.7 Å². The van der Waals surface area contributed by atoms with E-state index in [-0.39, 0.29) is 6.04 Å². The molecular formula is C9H13IN2O. The molecule has 0 aromatic heterocycles. The number of hydrogen-bond acceptors (Lipinski definition) is 3. The summed E-state index contributed by atoms with van der Waals surface area (Å²) in [6.07, 6.45) is 0. The fourth-order valence-corrected chi connectivity index (χ4v) is 2.08. The van der Waals surface area contributed by atoms with Gasteiger partial charge in [0.1, 0.15) is 5.75 Å². The molecule has 0 aliphatic carbocycles. The number of halogens is 1. The van der Waals surface area contributed by atoms with Crippen LogP contribution in [0.4, 0.5) is 0 Å². The van der Waals surface area contributed by atoms with Crippen molar-refractivity contribution in [2.45, 2.75) is 6.04 Å². The molecule has 1 aromatic rings. The molecule has 1 atom stereocenters. The molecule has 1 aromatic carbocycles. The van der Waals surface area contributed by atoms with Crippen molar-refractivity contribution in [2.24, 2.45) is 11.5 Å². The van der Waals surface area contributed by atoms with Crippen LogP contribution in [0.5, 0.6) is 5.75 Å². The number of nitrogens with two attached hydrogens (primary N) is 2. The Morgan fingerprint density at radius 1 is 1.54 bits per heavy atom. The zero-order valence-corrected chi connectivity index (χ0v) is 9.61. The SMILES string of the molecule is COc1cccc(C(N)CN)c1I. The van der Waals surface area contributed by atoms with Gasteiger partial charge in [0.25, 0.3) is 0 Å². The summed E-state index contributed by atoms with van der Waals surface area (Å²) in [5, 5.41) is 0. The fraction of sp³-hybridized carbons (Fsp3) is 0.333. The largest absolute Gasteiger partial charge is 0.496 e. The Bertz CT molecular complexity index is 291. The van der Waals surface area contributed by atoms with Crippen LogP contribution in [-0.2, 0) is 0 Å². The molecule has 4 N–H and O–H groups in total. The molecule has 3 nitrogen and oxygen atoms in total. The third-order valence-electron chi connectivity index (χ3n) is 1.87. The number of rotatable bonds is 3. The minimum Gasteiger partial charge on any atom is -0.496 e. The summed E-state index contributed by atoms with van der Waals surface area (Å²) in [6.45, 7) is 0.448. The van der Waals surface area contributed by atoms with Crippen LogP contribution in [0, 0.1) is 3.57 Å². The Hall–Kier alpha value is -0.330. The van der Waals surface area contributed by atoms with Crippen LogP contribution in [0.1, 0.15) is 11.6 Å². The van der Waals surface area contributed by atoms with Crippen LogP contribution in [0.15, 0.2) is 18.2 Å². The summed E-state index contributed by atoms with van der Waals surface area (Å²) >= 11 is 2.22. The van der Waals surface area contributed by atoms with Crippen molar-refractivity contribution in [3.8, 4) is 5.75 Å². The quantitative estimate of drug-likeness (QED) is 0.824. The normalized spacial score (nSPS) is 12.6. The Morgan fingerprint density at radius 3 is 2.77 bits per heavy atom. The maximum atomic E-state index is 5.83. The van der Waals surface area contributed by atoms with Gasteiger partial charge in [0, 0.05) is 12.6 Å². The first-order chi connectivity index (χ1) is 6.20. The molecule has 0 saturated carbocycles. The van der Waals surface area contributed by atoms with Crippen molar-refractivity contribution in [1.29, 1.82) is 0 Å². The van der Waals surface area contributed by atoms with Gasteiger partial charge in [-0.15, -0.1) is 0 Å². The molecule has 0 heterocycles. The zero-order chi connectivity index (χ0) is 9.84. The minimum atomic E-state index is -0.109. The number of hydrogen-bond donors (Lipinski definition) is 2. The molecule has 13 heavy (non-hydrogen) atoms. The molecule has 0 saturated heterocycles. The zero-order valence-electron chi connectivity index (χ0n) is 7.46. The molecule has 4 heteroatoms. The van der Waals surface area contributed by atoms with E-state index in [1.807, 2.05) is 18.2 Å². The van der Waals surface area contributed by atoms with E-state index >= 15 is 0 Å². The highest BCUT2D eigenvalue weighted by Crippen LogP contribution is 2.26. The molecular weight excluding hydrogens is 279 g/mol. The summed E-state index contributed by atoms with van der Waals surface area (Å²) in [6, 6.07) is 5.70. The van der Waals surface area contributed by atoms with Gasteiger partial charge in [-0.2, -0.15) is 0 Å². The van der Waals surface area contributed by atoms with Crippen molar-refractivity contribution in [3.63, 3.8) is 0 Å². The Balaban J connectivity index is 3.08. The summed E-state index contributed by atoms with van der Waals surface area (Å²) in [5.74, 6) is 0.849. The fourth-order valence-electron chi connectivity index (χ4n) is 1.10. The van der Waals surface area contributed by atoms with Gasteiger partial charge >= 0.3 is 0 Å². The van der Waals surface area contributed by atoms with Crippen LogP contribution < -0.4 is 16.2 Å². The molecule has 0 aliphatic rings. The molecule has 0 radical (unpaired) electrons. The van der Waals surface area contributed by atoms with Crippen LogP contribution in [0.3, 0.4) is 0 Å². The second-order valence-electron chi connectivity index (χ2n) is 2.71. The average molecular weight is 292 g/mol. The van der Waals surface area contributed by atoms with E-state index < -0.39 is 0 Å². The van der Waals surface area contributed by atoms with Crippen molar-refractivity contribution < 1.29 is 4.74 Å². The smallest absolute Gasteiger partial charge is 0.132 e. The number of benzene rings is 1. The molecule has 0 aliphatic heterocycles. The maximum Gasteiger partial charge on any atom is 0.132 e. The molecule has 1 unspecified atom stereocenters. The van der Waals surface area contributed by atoms with Crippen molar-refractivity contribution in [2.75, 3.05) is 13.7 Å². The minimum absolute atomic E-state index is 0.109. The van der Waals surface area contributed by atoms with Gasteiger partial charge < -0.3 is 16.2 Å². The monoisotopic (exact) mass is 292 g/mol. The second-order valence-corrected chi connectivity index (χ2v) is 3.78. The molecule has 72 valence electrons. The topological polar surface area (TPSA) is 61.3 Å². The van der Waals surface area contributed by atoms with Crippen molar-refractivity contribution >= 4 is 22.6 Å². The lowest BCUT2D eigenvalue weighted by atomic mass is 10.1. The molecule has 0 fully saturated rings. The van der Waals surface area contributed by atoms with Gasteiger partial charge in [-0.25, -0.2) is 0 Å². The Morgan fingerprint density at radius 2 is 2.23 bits per heavy atom. The van der Waals surface area contributed by atoms with E-state index in [2.05, 4.69) is 22.6 Å². The van der Waals surface area contributed by atoms with E-state index in [0.717, 1.165) is 14.9 Å². The third-order valence-corrected chi connectivity index (χ3v) is 3.02. The standard InChI is InChI=1S/C9H13IN2O/c1-13-8-4-2-3-6(9(8)10)7(12)5-11/h2-4,7H,5,11-12H2,1H3. The highest BCUT2D eigenvalue weighted by atomic mass is 127. The first-order valence-corrected chi connectivity index (χ1v) is 5.06. The van der Waals surface area contributed by atoms with Gasteiger partial charge in [-0.1, -0.05) is 12.1 Å². The second kappa shape index (κ2) is 4.78. The van der Waals surface area contributed by atoms with Gasteiger partial charge in [0.15, 0.2) is 0 Å². The van der Waals surface area contributed by atoms with E-state index in [1.165, 1.54) is 0 Å². The summed E-state index contributed by atoms with van der Waals surface area (Å²) in [4.78, 5) is 0. The van der Waals surface area contributed by atoms with E-state index in [9.17, 15) is 0 Å².